The zero-order chi connectivity index (χ0) is 28.8. The Labute approximate surface area is 236 Å². The minimum atomic E-state index is -3.00. The summed E-state index contributed by atoms with van der Waals surface area (Å²) in [5.74, 6) is -2.62. The Balaban J connectivity index is 1.90. The molecule has 0 aliphatic carbocycles. The van der Waals surface area contributed by atoms with Crippen LogP contribution in [-0.2, 0) is 0 Å². The van der Waals surface area contributed by atoms with Crippen LogP contribution in [0.15, 0.2) is 35.3 Å². The largest absolute Gasteiger partial charge is 0.434 e. The molecule has 1 N–H and O–H groups in total. The zero-order valence-corrected chi connectivity index (χ0v) is 25.2. The Kier molecular flexibility index (Phi) is 11.4. The fourth-order valence-corrected chi connectivity index (χ4v) is 6.86. The molecule has 0 radical (unpaired) electrons. The van der Waals surface area contributed by atoms with Gasteiger partial charge in [0.05, 0.1) is 12.5 Å². The second-order valence-corrected chi connectivity index (χ2v) is 13.2. The molecule has 3 rings (SSSR count). The Hall–Kier alpha value is -1.51. The quantitative estimate of drug-likeness (QED) is 0.284. The second-order valence-electron chi connectivity index (χ2n) is 12.0. The minimum absolute atomic E-state index is 0.0190. The van der Waals surface area contributed by atoms with Gasteiger partial charge in [-0.3, -0.25) is 4.90 Å². The minimum Gasteiger partial charge on any atom is -0.434 e. The summed E-state index contributed by atoms with van der Waals surface area (Å²) in [7, 11) is 0. The second kappa shape index (κ2) is 13.9. The van der Waals surface area contributed by atoms with E-state index in [1.807, 2.05) is 19.9 Å². The maximum atomic E-state index is 14.8. The highest BCUT2D eigenvalue weighted by molar-refractivity contribution is 8.11. The van der Waals surface area contributed by atoms with Gasteiger partial charge in [-0.2, -0.15) is 8.78 Å². The Bertz CT molecular complexity index is 1000. The Morgan fingerprint density at radius 1 is 1.23 bits per heavy atom. The molecule has 2 aliphatic heterocycles. The summed E-state index contributed by atoms with van der Waals surface area (Å²) in [4.78, 5) is 4.39. The predicted molar refractivity (Wildman–Crippen MR) is 156 cm³/mol. The summed E-state index contributed by atoms with van der Waals surface area (Å²) in [6, 6.07) is 4.59. The van der Waals surface area contributed by atoms with Crippen LogP contribution in [0.25, 0.3) is 4.91 Å². The van der Waals surface area contributed by atoms with E-state index in [1.165, 1.54) is 30.3 Å². The highest BCUT2D eigenvalue weighted by atomic mass is 32.2. The van der Waals surface area contributed by atoms with E-state index < -0.39 is 18.5 Å². The molecule has 1 aromatic rings. The van der Waals surface area contributed by atoms with E-state index in [1.54, 1.807) is 6.07 Å². The van der Waals surface area contributed by atoms with Gasteiger partial charge in [0.25, 0.3) is 5.92 Å². The number of ether oxygens (including phenoxy) is 1. The van der Waals surface area contributed by atoms with Crippen molar-refractivity contribution in [2.24, 2.45) is 17.3 Å². The number of hydrogen-bond donors (Lipinski definition) is 1. The molecule has 8 heteroatoms. The number of alkyl halides is 4. The molecular weight excluding hydrogens is 524 g/mol. The number of rotatable bonds is 10. The van der Waals surface area contributed by atoms with Crippen LogP contribution in [0.2, 0.25) is 0 Å². The normalized spacial score (nSPS) is 25.3. The summed E-state index contributed by atoms with van der Waals surface area (Å²) in [5.41, 5.74) is 1.13. The standard InChI is InChI=1S/C31H46F4N2OS/c1-7-10-28(39-24(9-3)19-37-17-21(8-2)15-23(18-37)30(4,5)6)25-16-22(11-12-27(25)38-29(32)33)26-13-14-36-20-31(26,34)35/h9-12,16,21,23,26,29,36H,7-8,13-15,17-20H2,1-6H3/b24-9-,28-10-. The maximum Gasteiger partial charge on any atom is 0.387 e. The monoisotopic (exact) mass is 570 g/mol. The summed E-state index contributed by atoms with van der Waals surface area (Å²) in [6.45, 7) is 13.1. The van der Waals surface area contributed by atoms with Gasteiger partial charge in [0, 0.05) is 30.1 Å². The van der Waals surface area contributed by atoms with Crippen LogP contribution in [0.1, 0.15) is 84.3 Å². The van der Waals surface area contributed by atoms with Gasteiger partial charge >= 0.3 is 6.61 Å². The molecule has 2 fully saturated rings. The van der Waals surface area contributed by atoms with Gasteiger partial charge < -0.3 is 10.1 Å². The van der Waals surface area contributed by atoms with E-state index in [0.29, 0.717) is 35.9 Å². The number of nitrogens with zero attached hydrogens (tertiary/aromatic N) is 1. The van der Waals surface area contributed by atoms with Crippen LogP contribution in [-0.4, -0.2) is 50.2 Å². The number of piperidine rings is 2. The third kappa shape index (κ3) is 8.74. The molecule has 0 amide bonds. The molecule has 220 valence electrons. The molecule has 2 saturated heterocycles. The molecule has 3 unspecified atom stereocenters. The average Bonchev–Trinajstić information content (AvgIpc) is 2.87. The lowest BCUT2D eigenvalue weighted by atomic mass is 9.73. The lowest BCUT2D eigenvalue weighted by Gasteiger charge is -2.43. The van der Waals surface area contributed by atoms with Gasteiger partial charge in [-0.1, -0.05) is 71.0 Å². The number of allylic oxidation sites excluding steroid dienone is 2. The van der Waals surface area contributed by atoms with Crippen molar-refractivity contribution in [1.82, 2.24) is 10.2 Å². The van der Waals surface area contributed by atoms with Gasteiger partial charge in [-0.05, 0) is 72.6 Å². The van der Waals surface area contributed by atoms with Crippen molar-refractivity contribution in [3.05, 3.63) is 46.4 Å². The third-order valence-electron chi connectivity index (χ3n) is 8.11. The number of halogens is 4. The van der Waals surface area contributed by atoms with Crippen LogP contribution in [0.4, 0.5) is 17.6 Å². The topological polar surface area (TPSA) is 24.5 Å². The molecule has 3 atom stereocenters. The van der Waals surface area contributed by atoms with E-state index in [4.69, 9.17) is 4.74 Å². The van der Waals surface area contributed by atoms with Crippen molar-refractivity contribution in [1.29, 1.82) is 0 Å². The fraction of sp³-hybridized carbons (Fsp3) is 0.677. The fourth-order valence-electron chi connectivity index (χ4n) is 5.69. The van der Waals surface area contributed by atoms with E-state index in [2.05, 4.69) is 44.0 Å². The SMILES string of the molecule is C/C=C(/CN1CC(CC)CC(C(C)(C)C)C1)S/C(=C\CC)c1cc(C2CCNCC2(F)F)ccc1OC(F)F. The van der Waals surface area contributed by atoms with Crippen molar-refractivity contribution in [2.45, 2.75) is 85.7 Å². The van der Waals surface area contributed by atoms with Gasteiger partial charge in [-0.25, -0.2) is 8.78 Å². The van der Waals surface area contributed by atoms with Crippen LogP contribution in [0.3, 0.4) is 0 Å². The lowest BCUT2D eigenvalue weighted by molar-refractivity contribution is -0.0505. The lowest BCUT2D eigenvalue weighted by Crippen LogP contribution is -2.45. The summed E-state index contributed by atoms with van der Waals surface area (Å²) >= 11 is 1.53. The number of benzene rings is 1. The zero-order valence-electron chi connectivity index (χ0n) is 24.3. The molecule has 39 heavy (non-hydrogen) atoms. The van der Waals surface area contributed by atoms with Crippen LogP contribution in [0, 0.1) is 17.3 Å². The average molecular weight is 571 g/mol. The van der Waals surface area contributed by atoms with Gasteiger partial charge in [-0.15, -0.1) is 0 Å². The molecule has 0 bridgehead atoms. The van der Waals surface area contributed by atoms with Gasteiger partial charge in [0.2, 0.25) is 0 Å². The van der Waals surface area contributed by atoms with Crippen molar-refractivity contribution in [3.8, 4) is 5.75 Å². The van der Waals surface area contributed by atoms with Crippen LogP contribution in [0.5, 0.6) is 5.75 Å². The van der Waals surface area contributed by atoms with E-state index in [9.17, 15) is 17.6 Å². The van der Waals surface area contributed by atoms with E-state index in [0.717, 1.165) is 35.9 Å². The molecule has 2 heterocycles. The van der Waals surface area contributed by atoms with Crippen molar-refractivity contribution < 1.29 is 22.3 Å². The number of likely N-dealkylation sites (tertiary alicyclic amines) is 1. The first-order valence-electron chi connectivity index (χ1n) is 14.3. The number of hydrogen-bond acceptors (Lipinski definition) is 4. The van der Waals surface area contributed by atoms with Gasteiger partial charge in [0.15, 0.2) is 0 Å². The molecular formula is C31H46F4N2OS. The van der Waals surface area contributed by atoms with Crippen molar-refractivity contribution >= 4 is 16.7 Å². The van der Waals surface area contributed by atoms with Crippen LogP contribution < -0.4 is 10.1 Å². The smallest absolute Gasteiger partial charge is 0.387 e. The van der Waals surface area contributed by atoms with Crippen LogP contribution >= 0.6 is 11.8 Å². The highest BCUT2D eigenvalue weighted by Crippen LogP contribution is 2.45. The Morgan fingerprint density at radius 3 is 2.56 bits per heavy atom. The van der Waals surface area contributed by atoms with Gasteiger partial charge in [0.1, 0.15) is 5.75 Å². The number of thioether (sulfide) groups is 1. The molecule has 1 aromatic carbocycles. The summed E-state index contributed by atoms with van der Waals surface area (Å²) in [5, 5.41) is 2.76. The predicted octanol–water partition coefficient (Wildman–Crippen LogP) is 8.78. The van der Waals surface area contributed by atoms with E-state index >= 15 is 0 Å². The molecule has 2 aliphatic rings. The molecule has 0 spiro atoms. The maximum absolute atomic E-state index is 14.8. The molecule has 0 saturated carbocycles. The highest BCUT2D eigenvalue weighted by Gasteiger charge is 2.42. The first kappa shape index (κ1) is 32.0. The van der Waals surface area contributed by atoms with E-state index in [-0.39, 0.29) is 24.1 Å². The Morgan fingerprint density at radius 2 is 1.97 bits per heavy atom. The number of nitrogens with one attached hydrogen (secondary N) is 1. The first-order valence-corrected chi connectivity index (χ1v) is 15.1. The third-order valence-corrected chi connectivity index (χ3v) is 9.35. The van der Waals surface area contributed by atoms with Crippen molar-refractivity contribution in [3.63, 3.8) is 0 Å². The first-order chi connectivity index (χ1) is 18.4. The molecule has 3 nitrogen and oxygen atoms in total. The summed E-state index contributed by atoms with van der Waals surface area (Å²) < 4.78 is 61.2. The summed E-state index contributed by atoms with van der Waals surface area (Å²) in [6.07, 6.45) is 7.39. The van der Waals surface area contributed by atoms with Crippen molar-refractivity contribution in [2.75, 3.05) is 32.7 Å². The molecule has 0 aromatic heterocycles.